The van der Waals surface area contributed by atoms with E-state index in [0.717, 1.165) is 38.3 Å². The van der Waals surface area contributed by atoms with Crippen LogP contribution in [0.15, 0.2) is 18.2 Å². The second kappa shape index (κ2) is 5.98. The Hall–Kier alpha value is -1.13. The summed E-state index contributed by atoms with van der Waals surface area (Å²) >= 11 is 0. The van der Waals surface area contributed by atoms with Crippen LogP contribution in [-0.4, -0.2) is 44.2 Å². The first-order valence-corrected chi connectivity index (χ1v) is 6.08. The molecule has 4 heteroatoms. The van der Waals surface area contributed by atoms with Crippen LogP contribution in [0.5, 0.6) is 5.75 Å². The van der Waals surface area contributed by atoms with Gasteiger partial charge < -0.3 is 10.1 Å². The number of benzene rings is 1. The molecular formula is C13H19FN2O. The zero-order chi connectivity index (χ0) is 12.1. The molecule has 1 aliphatic rings. The van der Waals surface area contributed by atoms with Crippen LogP contribution in [0, 0.1) is 12.7 Å². The topological polar surface area (TPSA) is 24.5 Å². The molecule has 2 rings (SSSR count). The molecule has 1 aromatic carbocycles. The molecular weight excluding hydrogens is 219 g/mol. The van der Waals surface area contributed by atoms with Gasteiger partial charge in [0, 0.05) is 38.8 Å². The van der Waals surface area contributed by atoms with Gasteiger partial charge in [0.25, 0.3) is 0 Å². The Bertz CT molecular complexity index is 364. The van der Waals surface area contributed by atoms with Crippen molar-refractivity contribution in [3.8, 4) is 5.75 Å². The molecule has 17 heavy (non-hydrogen) atoms. The quantitative estimate of drug-likeness (QED) is 0.858. The number of hydrogen-bond donors (Lipinski definition) is 1. The van der Waals surface area contributed by atoms with E-state index >= 15 is 0 Å². The molecule has 0 aromatic heterocycles. The minimum absolute atomic E-state index is 0.243. The smallest absolute Gasteiger partial charge is 0.126 e. The summed E-state index contributed by atoms with van der Waals surface area (Å²) in [5.74, 6) is 0.410. The van der Waals surface area contributed by atoms with Gasteiger partial charge in [0.1, 0.15) is 18.2 Å². The molecule has 1 saturated heterocycles. The van der Waals surface area contributed by atoms with Crippen molar-refractivity contribution < 1.29 is 9.13 Å². The summed E-state index contributed by atoms with van der Waals surface area (Å²) in [4.78, 5) is 2.35. The lowest BCUT2D eigenvalue weighted by Gasteiger charge is -2.27. The highest BCUT2D eigenvalue weighted by Gasteiger charge is 2.09. The summed E-state index contributed by atoms with van der Waals surface area (Å²) in [7, 11) is 0. The van der Waals surface area contributed by atoms with Crippen LogP contribution >= 0.6 is 0 Å². The summed E-state index contributed by atoms with van der Waals surface area (Å²) in [5, 5.41) is 3.31. The van der Waals surface area contributed by atoms with E-state index in [2.05, 4.69) is 10.2 Å². The summed E-state index contributed by atoms with van der Waals surface area (Å²) in [5.41, 5.74) is 0.978. The maximum Gasteiger partial charge on any atom is 0.126 e. The number of rotatable bonds is 4. The molecule has 1 aliphatic heterocycles. The predicted octanol–water partition coefficient (Wildman–Crippen LogP) is 1.42. The standard InChI is InChI=1S/C13H19FN2O/c1-11-2-3-12(14)10-13(11)17-9-8-16-6-4-15-5-7-16/h2-3,10,15H,4-9H2,1H3. The van der Waals surface area contributed by atoms with Crippen LogP contribution in [-0.2, 0) is 0 Å². The van der Waals surface area contributed by atoms with E-state index in [1.165, 1.54) is 12.1 Å². The highest BCUT2D eigenvalue weighted by Crippen LogP contribution is 2.18. The lowest BCUT2D eigenvalue weighted by atomic mass is 10.2. The second-order valence-corrected chi connectivity index (χ2v) is 4.35. The van der Waals surface area contributed by atoms with Crippen molar-refractivity contribution >= 4 is 0 Å². The normalized spacial score (nSPS) is 17.1. The van der Waals surface area contributed by atoms with Crippen LogP contribution in [0.1, 0.15) is 5.56 Å². The van der Waals surface area contributed by atoms with Crippen molar-refractivity contribution in [1.82, 2.24) is 10.2 Å². The minimum atomic E-state index is -0.243. The third kappa shape index (κ3) is 3.68. The first-order valence-electron chi connectivity index (χ1n) is 6.08. The number of ether oxygens (including phenoxy) is 1. The van der Waals surface area contributed by atoms with Crippen molar-refractivity contribution in [2.24, 2.45) is 0 Å². The van der Waals surface area contributed by atoms with Gasteiger partial charge in [0.15, 0.2) is 0 Å². The molecule has 0 aliphatic carbocycles. The number of nitrogens with one attached hydrogen (secondary N) is 1. The van der Waals surface area contributed by atoms with E-state index in [9.17, 15) is 4.39 Å². The summed E-state index contributed by atoms with van der Waals surface area (Å²) in [6, 6.07) is 4.65. The van der Waals surface area contributed by atoms with E-state index in [4.69, 9.17) is 4.74 Å². The number of nitrogens with zero attached hydrogens (tertiary/aromatic N) is 1. The first kappa shape index (κ1) is 12.3. The van der Waals surface area contributed by atoms with Gasteiger partial charge in [-0.3, -0.25) is 4.90 Å². The Morgan fingerprint density at radius 1 is 1.35 bits per heavy atom. The lowest BCUT2D eigenvalue weighted by molar-refractivity contribution is 0.190. The van der Waals surface area contributed by atoms with Gasteiger partial charge in [-0.2, -0.15) is 0 Å². The summed E-state index contributed by atoms with van der Waals surface area (Å²) in [6.07, 6.45) is 0. The number of piperazine rings is 1. The van der Waals surface area contributed by atoms with Gasteiger partial charge >= 0.3 is 0 Å². The number of aryl methyl sites for hydroxylation is 1. The highest BCUT2D eigenvalue weighted by atomic mass is 19.1. The molecule has 1 heterocycles. The Kier molecular flexibility index (Phi) is 4.34. The van der Waals surface area contributed by atoms with Gasteiger partial charge in [-0.05, 0) is 18.6 Å². The first-order chi connectivity index (χ1) is 8.25. The van der Waals surface area contributed by atoms with Crippen LogP contribution < -0.4 is 10.1 Å². The van der Waals surface area contributed by atoms with Crippen molar-refractivity contribution in [1.29, 1.82) is 0 Å². The fourth-order valence-corrected chi connectivity index (χ4v) is 1.95. The van der Waals surface area contributed by atoms with Gasteiger partial charge in [0.2, 0.25) is 0 Å². The lowest BCUT2D eigenvalue weighted by Crippen LogP contribution is -2.44. The molecule has 0 radical (unpaired) electrons. The van der Waals surface area contributed by atoms with Crippen molar-refractivity contribution in [2.45, 2.75) is 6.92 Å². The SMILES string of the molecule is Cc1ccc(F)cc1OCCN1CCNCC1. The van der Waals surface area contributed by atoms with E-state index in [1.54, 1.807) is 6.07 Å². The van der Waals surface area contributed by atoms with Crippen LogP contribution in [0.2, 0.25) is 0 Å². The molecule has 1 aromatic rings. The molecule has 3 nitrogen and oxygen atoms in total. The van der Waals surface area contributed by atoms with Crippen molar-refractivity contribution in [2.75, 3.05) is 39.3 Å². The molecule has 0 saturated carbocycles. The van der Waals surface area contributed by atoms with E-state index in [0.29, 0.717) is 12.4 Å². The Morgan fingerprint density at radius 3 is 2.88 bits per heavy atom. The molecule has 1 N–H and O–H groups in total. The van der Waals surface area contributed by atoms with Crippen LogP contribution in [0.25, 0.3) is 0 Å². The Balaban J connectivity index is 1.79. The third-order valence-corrected chi connectivity index (χ3v) is 3.02. The van der Waals surface area contributed by atoms with E-state index in [-0.39, 0.29) is 5.82 Å². The molecule has 1 fully saturated rings. The molecule has 94 valence electrons. The Labute approximate surface area is 102 Å². The second-order valence-electron chi connectivity index (χ2n) is 4.35. The van der Waals surface area contributed by atoms with Gasteiger partial charge in [-0.25, -0.2) is 4.39 Å². The molecule has 0 unspecified atom stereocenters. The third-order valence-electron chi connectivity index (χ3n) is 3.02. The molecule has 0 atom stereocenters. The molecule has 0 spiro atoms. The van der Waals surface area contributed by atoms with Crippen molar-refractivity contribution in [3.05, 3.63) is 29.6 Å². The van der Waals surface area contributed by atoms with Crippen LogP contribution in [0.4, 0.5) is 4.39 Å². The maximum atomic E-state index is 13.0. The largest absolute Gasteiger partial charge is 0.492 e. The predicted molar refractivity (Wildman–Crippen MR) is 65.9 cm³/mol. The van der Waals surface area contributed by atoms with E-state index < -0.39 is 0 Å². The Morgan fingerprint density at radius 2 is 2.12 bits per heavy atom. The van der Waals surface area contributed by atoms with Crippen molar-refractivity contribution in [3.63, 3.8) is 0 Å². The summed E-state index contributed by atoms with van der Waals surface area (Å²) in [6.45, 7) is 7.65. The molecule has 0 amide bonds. The van der Waals surface area contributed by atoms with Gasteiger partial charge in [-0.15, -0.1) is 0 Å². The average Bonchev–Trinajstić information content (AvgIpc) is 2.35. The average molecular weight is 238 g/mol. The maximum absolute atomic E-state index is 13.0. The van der Waals surface area contributed by atoms with E-state index in [1.807, 2.05) is 6.92 Å². The highest BCUT2D eigenvalue weighted by molar-refractivity contribution is 5.32. The minimum Gasteiger partial charge on any atom is -0.492 e. The fraction of sp³-hybridized carbons (Fsp3) is 0.538. The fourth-order valence-electron chi connectivity index (χ4n) is 1.95. The van der Waals surface area contributed by atoms with Gasteiger partial charge in [-0.1, -0.05) is 6.07 Å². The molecule has 0 bridgehead atoms. The number of hydrogen-bond acceptors (Lipinski definition) is 3. The number of halogens is 1. The monoisotopic (exact) mass is 238 g/mol. The summed E-state index contributed by atoms with van der Waals surface area (Å²) < 4.78 is 18.6. The van der Waals surface area contributed by atoms with Gasteiger partial charge in [0.05, 0.1) is 0 Å². The zero-order valence-corrected chi connectivity index (χ0v) is 10.2. The van der Waals surface area contributed by atoms with Crippen LogP contribution in [0.3, 0.4) is 0 Å². The zero-order valence-electron chi connectivity index (χ0n) is 10.2.